The predicted octanol–water partition coefficient (Wildman–Crippen LogP) is 2.72. The first-order valence-electron chi connectivity index (χ1n) is 6.24. The van der Waals surface area contributed by atoms with Crippen molar-refractivity contribution in [3.8, 4) is 6.07 Å². The van der Waals surface area contributed by atoms with Crippen LogP contribution in [0.1, 0.15) is 47.0 Å². The van der Waals surface area contributed by atoms with Crippen molar-refractivity contribution < 1.29 is 4.74 Å². The summed E-state index contributed by atoms with van der Waals surface area (Å²) in [6.45, 7) is 10.7. The van der Waals surface area contributed by atoms with Crippen molar-refractivity contribution >= 4 is 0 Å². The first-order chi connectivity index (χ1) is 7.52. The molecule has 94 valence electrons. The number of unbranched alkanes of at least 4 members (excludes halogenated alkanes) is 1. The Bertz CT molecular complexity index is 208. The Balaban J connectivity index is 3.37. The molecule has 1 atom stereocenters. The lowest BCUT2D eigenvalue weighted by molar-refractivity contribution is 0.127. The van der Waals surface area contributed by atoms with Crippen molar-refractivity contribution in [3.63, 3.8) is 0 Å². The van der Waals surface area contributed by atoms with Gasteiger partial charge in [0.05, 0.1) is 18.1 Å². The van der Waals surface area contributed by atoms with E-state index in [1.165, 1.54) is 0 Å². The molecule has 0 saturated heterocycles. The Morgan fingerprint density at radius 3 is 2.62 bits per heavy atom. The largest absolute Gasteiger partial charge is 0.380 e. The highest BCUT2D eigenvalue weighted by Gasteiger charge is 2.15. The summed E-state index contributed by atoms with van der Waals surface area (Å²) >= 11 is 0. The number of nitrogens with one attached hydrogen (secondary N) is 1. The minimum atomic E-state index is -0.170. The average Bonchev–Trinajstić information content (AvgIpc) is 2.25. The number of hydrogen-bond acceptors (Lipinski definition) is 3. The molecule has 0 amide bonds. The number of ether oxygens (including phenoxy) is 1. The van der Waals surface area contributed by atoms with Crippen molar-refractivity contribution in [2.24, 2.45) is 5.41 Å². The second-order valence-electron chi connectivity index (χ2n) is 4.97. The molecule has 1 unspecified atom stereocenters. The Labute approximate surface area is 100 Å². The van der Waals surface area contributed by atoms with Gasteiger partial charge in [0.25, 0.3) is 0 Å². The molecule has 0 bridgehead atoms. The highest BCUT2D eigenvalue weighted by atomic mass is 16.5. The van der Waals surface area contributed by atoms with E-state index < -0.39 is 0 Å². The van der Waals surface area contributed by atoms with E-state index in [2.05, 4.69) is 18.3 Å². The third-order valence-corrected chi connectivity index (χ3v) is 2.60. The maximum absolute atomic E-state index is 8.85. The van der Waals surface area contributed by atoms with E-state index in [-0.39, 0.29) is 5.41 Å². The van der Waals surface area contributed by atoms with Crippen LogP contribution in [0.2, 0.25) is 0 Å². The van der Waals surface area contributed by atoms with Gasteiger partial charge >= 0.3 is 0 Å². The standard InChI is InChI=1S/C13H26N2O/c1-5-16-10-12(2)15-9-7-6-8-13(3,4)11-14/h12,15H,5-10H2,1-4H3. The van der Waals surface area contributed by atoms with Gasteiger partial charge in [-0.05, 0) is 47.1 Å². The van der Waals surface area contributed by atoms with Gasteiger partial charge in [-0.25, -0.2) is 0 Å². The number of nitriles is 1. The van der Waals surface area contributed by atoms with Gasteiger partial charge in [-0.3, -0.25) is 0 Å². The number of rotatable bonds is 9. The van der Waals surface area contributed by atoms with Gasteiger partial charge in [0, 0.05) is 12.6 Å². The van der Waals surface area contributed by atoms with Crippen molar-refractivity contribution in [1.29, 1.82) is 5.26 Å². The molecule has 16 heavy (non-hydrogen) atoms. The summed E-state index contributed by atoms with van der Waals surface area (Å²) in [7, 11) is 0. The fraction of sp³-hybridized carbons (Fsp3) is 0.923. The molecule has 0 aromatic heterocycles. The van der Waals surface area contributed by atoms with Crippen LogP contribution < -0.4 is 5.32 Å². The second-order valence-corrected chi connectivity index (χ2v) is 4.97. The van der Waals surface area contributed by atoms with Crippen molar-refractivity contribution in [1.82, 2.24) is 5.32 Å². The minimum Gasteiger partial charge on any atom is -0.380 e. The first-order valence-corrected chi connectivity index (χ1v) is 6.24. The molecule has 0 aliphatic carbocycles. The van der Waals surface area contributed by atoms with Crippen molar-refractivity contribution in [3.05, 3.63) is 0 Å². The second kappa shape index (κ2) is 8.55. The van der Waals surface area contributed by atoms with Crippen LogP contribution in [0.5, 0.6) is 0 Å². The molecule has 0 fully saturated rings. The molecule has 0 rings (SSSR count). The predicted molar refractivity (Wildman–Crippen MR) is 67.2 cm³/mol. The van der Waals surface area contributed by atoms with Crippen LogP contribution in [-0.2, 0) is 4.74 Å². The van der Waals surface area contributed by atoms with Crippen LogP contribution in [0, 0.1) is 16.7 Å². The maximum atomic E-state index is 8.85. The van der Waals surface area contributed by atoms with E-state index in [0.29, 0.717) is 6.04 Å². The van der Waals surface area contributed by atoms with E-state index in [1.54, 1.807) is 0 Å². The molecule has 0 aromatic rings. The van der Waals surface area contributed by atoms with Gasteiger partial charge in [-0.2, -0.15) is 5.26 Å². The average molecular weight is 226 g/mol. The van der Waals surface area contributed by atoms with Gasteiger partial charge < -0.3 is 10.1 Å². The molecule has 0 radical (unpaired) electrons. The minimum absolute atomic E-state index is 0.170. The summed E-state index contributed by atoms with van der Waals surface area (Å²) in [4.78, 5) is 0. The van der Waals surface area contributed by atoms with Gasteiger partial charge in [0.2, 0.25) is 0 Å². The van der Waals surface area contributed by atoms with Gasteiger partial charge in [-0.15, -0.1) is 0 Å². The normalized spacial score (nSPS) is 13.4. The molecule has 1 N–H and O–H groups in total. The molecular formula is C13H26N2O. The lowest BCUT2D eigenvalue weighted by Gasteiger charge is -2.16. The molecule has 0 heterocycles. The Kier molecular flexibility index (Phi) is 8.23. The molecular weight excluding hydrogens is 200 g/mol. The summed E-state index contributed by atoms with van der Waals surface area (Å²) in [5, 5.41) is 12.3. The Morgan fingerprint density at radius 2 is 2.06 bits per heavy atom. The topological polar surface area (TPSA) is 45.0 Å². The Morgan fingerprint density at radius 1 is 1.38 bits per heavy atom. The van der Waals surface area contributed by atoms with Crippen LogP contribution in [-0.4, -0.2) is 25.8 Å². The third kappa shape index (κ3) is 8.70. The highest BCUT2D eigenvalue weighted by molar-refractivity contribution is 4.91. The van der Waals surface area contributed by atoms with E-state index in [1.807, 2.05) is 20.8 Å². The first kappa shape index (κ1) is 15.4. The smallest absolute Gasteiger partial charge is 0.0683 e. The molecule has 0 saturated carbocycles. The van der Waals surface area contributed by atoms with E-state index in [4.69, 9.17) is 10.00 Å². The van der Waals surface area contributed by atoms with Crippen LogP contribution in [0.3, 0.4) is 0 Å². The lowest BCUT2D eigenvalue weighted by Crippen LogP contribution is -2.31. The van der Waals surface area contributed by atoms with E-state index >= 15 is 0 Å². The zero-order chi connectivity index (χ0) is 12.4. The monoisotopic (exact) mass is 226 g/mol. The van der Waals surface area contributed by atoms with Crippen LogP contribution >= 0.6 is 0 Å². The number of nitrogens with zero attached hydrogens (tertiary/aromatic N) is 1. The fourth-order valence-corrected chi connectivity index (χ4v) is 1.45. The summed E-state index contributed by atoms with van der Waals surface area (Å²) in [5.41, 5.74) is -0.170. The van der Waals surface area contributed by atoms with Crippen LogP contribution in [0.25, 0.3) is 0 Å². The zero-order valence-electron chi connectivity index (χ0n) is 11.2. The molecule has 0 aliphatic rings. The fourth-order valence-electron chi connectivity index (χ4n) is 1.45. The van der Waals surface area contributed by atoms with E-state index in [0.717, 1.165) is 39.0 Å². The van der Waals surface area contributed by atoms with Gasteiger partial charge in [-0.1, -0.05) is 6.42 Å². The lowest BCUT2D eigenvalue weighted by atomic mass is 9.89. The summed E-state index contributed by atoms with van der Waals surface area (Å²) in [6, 6.07) is 2.75. The zero-order valence-corrected chi connectivity index (χ0v) is 11.2. The van der Waals surface area contributed by atoms with Crippen molar-refractivity contribution in [2.75, 3.05) is 19.8 Å². The molecule has 0 spiro atoms. The molecule has 0 aliphatic heterocycles. The molecule has 3 heteroatoms. The summed E-state index contributed by atoms with van der Waals surface area (Å²) in [6.07, 6.45) is 3.21. The van der Waals surface area contributed by atoms with Crippen molar-refractivity contribution in [2.45, 2.75) is 53.0 Å². The summed E-state index contributed by atoms with van der Waals surface area (Å²) in [5.74, 6) is 0. The SMILES string of the molecule is CCOCC(C)NCCCCC(C)(C)C#N. The Hall–Kier alpha value is -0.590. The third-order valence-electron chi connectivity index (χ3n) is 2.60. The van der Waals surface area contributed by atoms with Crippen LogP contribution in [0.4, 0.5) is 0 Å². The van der Waals surface area contributed by atoms with Gasteiger partial charge in [0.15, 0.2) is 0 Å². The van der Waals surface area contributed by atoms with Crippen LogP contribution in [0.15, 0.2) is 0 Å². The summed E-state index contributed by atoms with van der Waals surface area (Å²) < 4.78 is 5.32. The van der Waals surface area contributed by atoms with E-state index in [9.17, 15) is 0 Å². The van der Waals surface area contributed by atoms with Gasteiger partial charge in [0.1, 0.15) is 0 Å². The molecule has 0 aromatic carbocycles. The molecule has 3 nitrogen and oxygen atoms in total. The maximum Gasteiger partial charge on any atom is 0.0683 e. The number of hydrogen-bond donors (Lipinski definition) is 1. The highest BCUT2D eigenvalue weighted by Crippen LogP contribution is 2.21. The quantitative estimate of drug-likeness (QED) is 0.615.